The van der Waals surface area contributed by atoms with E-state index >= 15 is 0 Å². The standard InChI is InChI=1S/C7H6F3N/c1-5-2-6(4-11-3-5)7(8,9)10/h3H,2H2,1H3. The van der Waals surface area contributed by atoms with Crippen LogP contribution in [0.15, 0.2) is 22.3 Å². The van der Waals surface area contributed by atoms with Gasteiger partial charge in [0.1, 0.15) is 0 Å². The average molecular weight is 161 g/mol. The molecule has 0 saturated carbocycles. The Balaban J connectivity index is 2.88. The van der Waals surface area contributed by atoms with E-state index in [1.54, 1.807) is 6.92 Å². The van der Waals surface area contributed by atoms with Gasteiger partial charge in [0.25, 0.3) is 0 Å². The first kappa shape index (κ1) is 8.08. The van der Waals surface area contributed by atoms with Crippen LogP contribution in [0.25, 0.3) is 0 Å². The minimum absolute atomic E-state index is 0.0903. The molecule has 0 fully saturated rings. The van der Waals surface area contributed by atoms with Gasteiger partial charge in [-0.05, 0) is 18.4 Å². The van der Waals surface area contributed by atoms with Crippen molar-refractivity contribution in [2.24, 2.45) is 4.99 Å². The van der Waals surface area contributed by atoms with Crippen LogP contribution in [-0.2, 0) is 0 Å². The van der Waals surface area contributed by atoms with Crippen LogP contribution in [0, 0.1) is 0 Å². The number of rotatable bonds is 0. The summed E-state index contributed by atoms with van der Waals surface area (Å²) >= 11 is 0. The van der Waals surface area contributed by atoms with Crippen molar-refractivity contribution >= 4 is 5.87 Å². The zero-order valence-electron chi connectivity index (χ0n) is 5.87. The fraction of sp³-hybridized carbons (Fsp3) is 0.429. The number of allylic oxidation sites excluding steroid dienone is 2. The molecule has 0 aliphatic carbocycles. The summed E-state index contributed by atoms with van der Waals surface area (Å²) < 4.78 is 35.8. The van der Waals surface area contributed by atoms with Gasteiger partial charge in [0, 0.05) is 12.6 Å². The van der Waals surface area contributed by atoms with Crippen molar-refractivity contribution < 1.29 is 13.2 Å². The van der Waals surface area contributed by atoms with E-state index in [4.69, 9.17) is 0 Å². The van der Waals surface area contributed by atoms with E-state index in [1.807, 2.05) is 5.87 Å². The molecular weight excluding hydrogens is 155 g/mol. The van der Waals surface area contributed by atoms with Crippen LogP contribution in [0.1, 0.15) is 13.3 Å². The van der Waals surface area contributed by atoms with Gasteiger partial charge in [-0.25, -0.2) is 4.99 Å². The predicted octanol–water partition coefficient (Wildman–Crippen LogP) is 2.45. The van der Waals surface area contributed by atoms with Gasteiger partial charge < -0.3 is 0 Å². The molecule has 0 radical (unpaired) electrons. The van der Waals surface area contributed by atoms with Crippen molar-refractivity contribution in [2.45, 2.75) is 19.5 Å². The summed E-state index contributed by atoms with van der Waals surface area (Å²) in [5.41, 5.74) is -0.0893. The number of nitrogens with zero attached hydrogens (tertiary/aromatic N) is 1. The van der Waals surface area contributed by atoms with E-state index in [2.05, 4.69) is 4.99 Å². The zero-order chi connectivity index (χ0) is 8.48. The summed E-state index contributed by atoms with van der Waals surface area (Å²) in [5.74, 6) is 1.93. The molecule has 0 amide bonds. The third-order valence-electron chi connectivity index (χ3n) is 1.28. The van der Waals surface area contributed by atoms with E-state index in [1.165, 1.54) is 6.20 Å². The molecule has 0 unspecified atom stereocenters. The Hall–Kier alpha value is -1.02. The smallest absolute Gasteiger partial charge is 0.214 e. The number of hydrogen-bond donors (Lipinski definition) is 0. The van der Waals surface area contributed by atoms with E-state index in [0.29, 0.717) is 5.57 Å². The molecule has 1 aliphatic rings. The monoisotopic (exact) mass is 161 g/mol. The predicted molar refractivity (Wildman–Crippen MR) is 35.4 cm³/mol. The number of halogens is 3. The maximum Gasteiger partial charge on any atom is 0.421 e. The Morgan fingerprint density at radius 3 is 2.55 bits per heavy atom. The number of aliphatic imine (C=N–C) groups is 1. The molecule has 60 valence electrons. The Kier molecular flexibility index (Phi) is 1.87. The first-order valence-corrected chi connectivity index (χ1v) is 3.04. The summed E-state index contributed by atoms with van der Waals surface area (Å²) in [5, 5.41) is 0. The lowest BCUT2D eigenvalue weighted by molar-refractivity contribution is -0.0915. The first-order chi connectivity index (χ1) is 5.00. The van der Waals surface area contributed by atoms with Crippen LogP contribution < -0.4 is 0 Å². The van der Waals surface area contributed by atoms with Crippen LogP contribution in [-0.4, -0.2) is 12.0 Å². The topological polar surface area (TPSA) is 12.4 Å². The second kappa shape index (κ2) is 2.55. The molecular formula is C7H6F3N. The molecule has 4 heteroatoms. The van der Waals surface area contributed by atoms with Crippen molar-refractivity contribution in [3.63, 3.8) is 0 Å². The molecule has 0 aromatic rings. The molecule has 1 rings (SSSR count). The van der Waals surface area contributed by atoms with Gasteiger partial charge in [0.05, 0.1) is 5.57 Å². The molecule has 0 aromatic heterocycles. The van der Waals surface area contributed by atoms with Gasteiger partial charge in [-0.15, -0.1) is 0 Å². The molecule has 0 saturated heterocycles. The second-order valence-electron chi connectivity index (χ2n) is 2.37. The van der Waals surface area contributed by atoms with Crippen molar-refractivity contribution in [1.29, 1.82) is 0 Å². The molecule has 1 aliphatic heterocycles. The Morgan fingerprint density at radius 1 is 1.55 bits per heavy atom. The lowest BCUT2D eigenvalue weighted by Crippen LogP contribution is -2.13. The quantitative estimate of drug-likeness (QED) is 0.517. The third-order valence-corrected chi connectivity index (χ3v) is 1.28. The molecule has 1 heterocycles. The maximum absolute atomic E-state index is 11.9. The van der Waals surface area contributed by atoms with Gasteiger partial charge in [-0.3, -0.25) is 0 Å². The molecule has 0 atom stereocenters. The fourth-order valence-electron chi connectivity index (χ4n) is 0.748. The highest BCUT2D eigenvalue weighted by molar-refractivity contribution is 5.63. The Bertz CT molecular complexity index is 253. The minimum Gasteiger partial charge on any atom is -0.214 e. The highest BCUT2D eigenvalue weighted by atomic mass is 19.4. The highest BCUT2D eigenvalue weighted by Gasteiger charge is 2.34. The van der Waals surface area contributed by atoms with Crippen LogP contribution >= 0.6 is 0 Å². The Labute approximate surface area is 61.9 Å². The summed E-state index contributed by atoms with van der Waals surface area (Å²) in [6, 6.07) is 0. The first-order valence-electron chi connectivity index (χ1n) is 3.04. The number of alkyl halides is 3. The normalized spacial score (nSPS) is 17.8. The van der Waals surface area contributed by atoms with Crippen molar-refractivity contribution in [2.75, 3.05) is 0 Å². The Morgan fingerprint density at radius 2 is 2.18 bits per heavy atom. The molecule has 0 aromatic carbocycles. The summed E-state index contributed by atoms with van der Waals surface area (Å²) in [4.78, 5) is 3.34. The highest BCUT2D eigenvalue weighted by Crippen LogP contribution is 2.29. The zero-order valence-corrected chi connectivity index (χ0v) is 5.87. The van der Waals surface area contributed by atoms with Gasteiger partial charge in [0.15, 0.2) is 0 Å². The SMILES string of the molecule is CC1=CN=C=C(C(F)(F)F)C1. The average Bonchev–Trinajstić information content (AvgIpc) is 1.86. The molecule has 0 spiro atoms. The van der Waals surface area contributed by atoms with Crippen molar-refractivity contribution in [3.8, 4) is 0 Å². The van der Waals surface area contributed by atoms with E-state index in [0.717, 1.165) is 0 Å². The van der Waals surface area contributed by atoms with Crippen molar-refractivity contribution in [1.82, 2.24) is 0 Å². The lowest BCUT2D eigenvalue weighted by atomic mass is 10.1. The molecule has 0 bridgehead atoms. The lowest BCUT2D eigenvalue weighted by Gasteiger charge is -2.09. The van der Waals surface area contributed by atoms with Crippen LogP contribution in [0.2, 0.25) is 0 Å². The van der Waals surface area contributed by atoms with E-state index < -0.39 is 11.7 Å². The molecule has 0 N–H and O–H groups in total. The van der Waals surface area contributed by atoms with E-state index in [9.17, 15) is 13.2 Å². The summed E-state index contributed by atoms with van der Waals surface area (Å²) in [7, 11) is 0. The van der Waals surface area contributed by atoms with Gasteiger partial charge in [-0.1, -0.05) is 0 Å². The third kappa shape index (κ3) is 1.95. The molecule has 1 nitrogen and oxygen atoms in total. The van der Waals surface area contributed by atoms with Gasteiger partial charge >= 0.3 is 6.18 Å². The van der Waals surface area contributed by atoms with Crippen LogP contribution in [0.4, 0.5) is 13.2 Å². The van der Waals surface area contributed by atoms with Crippen molar-refractivity contribution in [3.05, 3.63) is 17.3 Å². The molecule has 11 heavy (non-hydrogen) atoms. The van der Waals surface area contributed by atoms with Gasteiger partial charge in [-0.2, -0.15) is 13.2 Å². The maximum atomic E-state index is 11.9. The van der Waals surface area contributed by atoms with Gasteiger partial charge in [0.2, 0.25) is 0 Å². The second-order valence-corrected chi connectivity index (χ2v) is 2.37. The van der Waals surface area contributed by atoms with Crippen LogP contribution in [0.5, 0.6) is 0 Å². The van der Waals surface area contributed by atoms with Crippen LogP contribution in [0.3, 0.4) is 0 Å². The summed E-state index contributed by atoms with van der Waals surface area (Å²) in [6.45, 7) is 1.61. The number of hydrogen-bond acceptors (Lipinski definition) is 1. The largest absolute Gasteiger partial charge is 0.421 e. The fourth-order valence-corrected chi connectivity index (χ4v) is 0.748. The minimum atomic E-state index is -4.28. The van der Waals surface area contributed by atoms with E-state index in [-0.39, 0.29) is 6.42 Å². The summed E-state index contributed by atoms with van der Waals surface area (Å²) in [6.07, 6.45) is -2.98.